The molecule has 0 spiro atoms. The molecule has 0 radical (unpaired) electrons. The number of carbonyl (C=O) groups excluding carboxylic acids is 2. The normalized spacial score (nSPS) is 20.5. The van der Waals surface area contributed by atoms with Gasteiger partial charge in [0.1, 0.15) is 30.0 Å². The molecule has 1 amide bonds. The Morgan fingerprint density at radius 3 is 2.48 bits per heavy atom. The number of fused-ring (bicyclic) bond motifs is 1. The molecule has 2 atom stereocenters. The monoisotopic (exact) mass is 582 g/mol. The van der Waals surface area contributed by atoms with Crippen molar-refractivity contribution in [1.29, 1.82) is 0 Å². The quantitative estimate of drug-likeness (QED) is 0.383. The Bertz CT molecular complexity index is 1550. The van der Waals surface area contributed by atoms with Gasteiger partial charge in [0.25, 0.3) is 0 Å². The summed E-state index contributed by atoms with van der Waals surface area (Å²) in [6.45, 7) is 4.10. The molecule has 5 rings (SSSR count). The highest BCUT2D eigenvalue weighted by Gasteiger charge is 2.46. The summed E-state index contributed by atoms with van der Waals surface area (Å²) in [6.07, 6.45) is 2.21. The Hall–Kier alpha value is -3.96. The molecule has 0 bridgehead atoms. The SMILES string of the molecule is CC(C)(C)OC(=O)N1CC(O)(CO)CC1COc1c(F)ccc2c(=O)c(C(=O)OCc3ccccc3)cn(C3CC3)c12. The average molecular weight is 583 g/mol. The van der Waals surface area contributed by atoms with Crippen molar-refractivity contribution in [1.82, 2.24) is 9.47 Å². The molecule has 2 N–H and O–H groups in total. The fraction of sp³-hybridized carbons (Fsp3) is 0.452. The van der Waals surface area contributed by atoms with Crippen LogP contribution in [0, 0.1) is 5.82 Å². The predicted octanol–water partition coefficient (Wildman–Crippen LogP) is 3.94. The predicted molar refractivity (Wildman–Crippen MR) is 151 cm³/mol. The zero-order valence-electron chi connectivity index (χ0n) is 23.8. The lowest BCUT2D eigenvalue weighted by Gasteiger charge is -2.28. The second-order valence-electron chi connectivity index (χ2n) is 12.0. The highest BCUT2D eigenvalue weighted by atomic mass is 19.1. The van der Waals surface area contributed by atoms with Crippen molar-refractivity contribution in [3.8, 4) is 5.75 Å². The lowest BCUT2D eigenvalue weighted by molar-refractivity contribution is -0.0124. The Morgan fingerprint density at radius 2 is 1.83 bits per heavy atom. The molecule has 1 aromatic heterocycles. The van der Waals surface area contributed by atoms with Crippen molar-refractivity contribution in [2.75, 3.05) is 19.8 Å². The molecule has 42 heavy (non-hydrogen) atoms. The van der Waals surface area contributed by atoms with E-state index in [9.17, 15) is 24.6 Å². The maximum atomic E-state index is 15.3. The number of aliphatic hydroxyl groups excluding tert-OH is 1. The fourth-order valence-electron chi connectivity index (χ4n) is 5.15. The van der Waals surface area contributed by atoms with Crippen molar-refractivity contribution < 1.29 is 38.4 Å². The molecule has 2 unspecified atom stereocenters. The Labute approximate surface area is 242 Å². The minimum absolute atomic E-state index is 0.00587. The molecular formula is C31H35FN2O8. The standard InChI is InChI=1S/C31H35FN2O8/c1-30(2,3)42-29(38)34-17-31(39,18-35)13-21(34)16-40-27-24(32)12-11-22-25(27)33(20-9-10-20)14-23(26(22)36)28(37)41-15-19-7-5-4-6-8-19/h4-8,11-12,14,20-21,35,39H,9-10,13,15-18H2,1-3H3. The van der Waals surface area contributed by atoms with Crippen LogP contribution in [-0.4, -0.2) is 68.7 Å². The number of benzene rings is 2. The zero-order chi connectivity index (χ0) is 30.2. The largest absolute Gasteiger partial charge is 0.486 e. The van der Waals surface area contributed by atoms with Gasteiger partial charge in [-0.25, -0.2) is 14.0 Å². The summed E-state index contributed by atoms with van der Waals surface area (Å²) in [4.78, 5) is 40.6. The number of carbonyl (C=O) groups is 2. The molecule has 224 valence electrons. The van der Waals surface area contributed by atoms with Crippen LogP contribution in [-0.2, 0) is 16.1 Å². The van der Waals surface area contributed by atoms with Crippen LogP contribution < -0.4 is 10.2 Å². The lowest BCUT2D eigenvalue weighted by Crippen LogP contribution is -2.43. The number of amides is 1. The number of halogens is 1. The Kier molecular flexibility index (Phi) is 8.00. The van der Waals surface area contributed by atoms with E-state index in [0.29, 0.717) is 0 Å². The maximum Gasteiger partial charge on any atom is 0.410 e. The number of rotatable bonds is 8. The van der Waals surface area contributed by atoms with E-state index < -0.39 is 47.2 Å². The summed E-state index contributed by atoms with van der Waals surface area (Å²) in [7, 11) is 0. The third kappa shape index (κ3) is 6.27. The maximum absolute atomic E-state index is 15.3. The van der Waals surface area contributed by atoms with Crippen LogP contribution in [0.3, 0.4) is 0 Å². The Morgan fingerprint density at radius 1 is 1.12 bits per heavy atom. The van der Waals surface area contributed by atoms with Crippen LogP contribution in [0.2, 0.25) is 0 Å². The van der Waals surface area contributed by atoms with Crippen LogP contribution in [0.5, 0.6) is 5.75 Å². The van der Waals surface area contributed by atoms with Crippen LogP contribution in [0.25, 0.3) is 10.9 Å². The summed E-state index contributed by atoms with van der Waals surface area (Å²) in [5.41, 5.74) is -2.19. The van der Waals surface area contributed by atoms with Crippen LogP contribution in [0.1, 0.15) is 62.0 Å². The van der Waals surface area contributed by atoms with Gasteiger partial charge in [-0.3, -0.25) is 9.69 Å². The minimum atomic E-state index is -1.58. The highest BCUT2D eigenvalue weighted by molar-refractivity contribution is 5.95. The first-order chi connectivity index (χ1) is 19.9. The van der Waals surface area contributed by atoms with Crippen LogP contribution >= 0.6 is 0 Å². The molecule has 1 aliphatic carbocycles. The molecule has 2 aromatic carbocycles. The number of β-amino-alcohol motifs (C(OH)–C–C–N with tert-alkyl or cyclic N) is 1. The van der Waals surface area contributed by atoms with Gasteiger partial charge in [0.05, 0.1) is 30.1 Å². The van der Waals surface area contributed by atoms with Crippen LogP contribution in [0.4, 0.5) is 9.18 Å². The van der Waals surface area contributed by atoms with Gasteiger partial charge in [-0.1, -0.05) is 30.3 Å². The first-order valence-corrected chi connectivity index (χ1v) is 13.9. The number of hydrogen-bond donors (Lipinski definition) is 2. The molecule has 2 aliphatic rings. The third-order valence-corrected chi connectivity index (χ3v) is 7.34. The van der Waals surface area contributed by atoms with Gasteiger partial charge in [0.15, 0.2) is 11.6 Å². The van der Waals surface area contributed by atoms with Gasteiger partial charge in [0.2, 0.25) is 5.43 Å². The van der Waals surface area contributed by atoms with E-state index in [1.165, 1.54) is 17.2 Å². The molecule has 3 aromatic rings. The van der Waals surface area contributed by atoms with Crippen molar-refractivity contribution in [2.45, 2.75) is 69.9 Å². The molecule has 1 saturated carbocycles. The molecule has 2 heterocycles. The number of esters is 1. The fourth-order valence-corrected chi connectivity index (χ4v) is 5.15. The third-order valence-electron chi connectivity index (χ3n) is 7.34. The van der Waals surface area contributed by atoms with Crippen molar-refractivity contribution in [2.24, 2.45) is 0 Å². The van der Waals surface area contributed by atoms with Crippen molar-refractivity contribution >= 4 is 23.0 Å². The summed E-state index contributed by atoms with van der Waals surface area (Å²) in [5.74, 6) is -1.71. The first kappa shape index (κ1) is 29.5. The van der Waals surface area contributed by atoms with Crippen molar-refractivity contribution in [3.05, 3.63) is 75.8 Å². The second-order valence-corrected chi connectivity index (χ2v) is 12.0. The number of aliphatic hydroxyl groups is 2. The van der Waals surface area contributed by atoms with Gasteiger partial charge in [0, 0.05) is 18.7 Å². The first-order valence-electron chi connectivity index (χ1n) is 13.9. The lowest BCUT2D eigenvalue weighted by atomic mass is 10.0. The molecule has 1 aliphatic heterocycles. The Balaban J connectivity index is 1.45. The number of hydrogen-bond acceptors (Lipinski definition) is 8. The zero-order valence-corrected chi connectivity index (χ0v) is 23.8. The van der Waals surface area contributed by atoms with Gasteiger partial charge < -0.3 is 29.0 Å². The second kappa shape index (κ2) is 11.4. The van der Waals surface area contributed by atoms with Gasteiger partial charge in [-0.2, -0.15) is 0 Å². The minimum Gasteiger partial charge on any atom is -0.486 e. The van der Waals surface area contributed by atoms with E-state index in [4.69, 9.17) is 14.2 Å². The highest BCUT2D eigenvalue weighted by Crippen LogP contribution is 2.40. The summed E-state index contributed by atoms with van der Waals surface area (Å²) in [6, 6.07) is 10.7. The van der Waals surface area contributed by atoms with E-state index in [0.717, 1.165) is 24.5 Å². The number of nitrogens with zero attached hydrogens (tertiary/aromatic N) is 2. The van der Waals surface area contributed by atoms with Crippen LogP contribution in [0.15, 0.2) is 53.5 Å². The van der Waals surface area contributed by atoms with E-state index >= 15 is 4.39 Å². The van der Waals surface area contributed by atoms with E-state index in [-0.39, 0.29) is 54.4 Å². The summed E-state index contributed by atoms with van der Waals surface area (Å²) >= 11 is 0. The molecule has 2 fully saturated rings. The van der Waals surface area contributed by atoms with E-state index in [1.54, 1.807) is 37.5 Å². The number of likely N-dealkylation sites (tertiary alicyclic amines) is 1. The number of aromatic nitrogens is 1. The molecular weight excluding hydrogens is 547 g/mol. The number of ether oxygens (including phenoxy) is 3. The number of pyridine rings is 1. The van der Waals surface area contributed by atoms with Gasteiger partial charge in [-0.15, -0.1) is 0 Å². The van der Waals surface area contributed by atoms with Gasteiger partial charge >= 0.3 is 12.1 Å². The summed E-state index contributed by atoms with van der Waals surface area (Å²) in [5, 5.41) is 20.6. The average Bonchev–Trinajstić information content (AvgIpc) is 3.73. The smallest absolute Gasteiger partial charge is 0.410 e. The van der Waals surface area contributed by atoms with Gasteiger partial charge in [-0.05, 0) is 51.3 Å². The van der Waals surface area contributed by atoms with Crippen molar-refractivity contribution in [3.63, 3.8) is 0 Å². The van der Waals surface area contributed by atoms with E-state index in [2.05, 4.69) is 0 Å². The molecule has 1 saturated heterocycles. The summed E-state index contributed by atoms with van der Waals surface area (Å²) < 4.78 is 33.9. The molecule has 11 heteroatoms. The topological polar surface area (TPSA) is 128 Å². The van der Waals surface area contributed by atoms with E-state index in [1.807, 2.05) is 18.2 Å². The molecule has 10 nitrogen and oxygen atoms in total.